The van der Waals surface area contributed by atoms with Gasteiger partial charge in [-0.25, -0.2) is 24.0 Å². The normalized spacial score (nSPS) is 12.9. The number of anilines is 2. The highest BCUT2D eigenvalue weighted by Crippen LogP contribution is 2.37. The molecule has 218 valence electrons. The lowest BCUT2D eigenvalue weighted by Gasteiger charge is -2.38. The van der Waals surface area contributed by atoms with Crippen molar-refractivity contribution in [3.63, 3.8) is 0 Å². The van der Waals surface area contributed by atoms with E-state index in [1.807, 2.05) is 0 Å². The van der Waals surface area contributed by atoms with E-state index >= 15 is 4.39 Å². The standard InChI is InChI=1S/C29H25FN8O5/c1-4-27(39)37-14-18(15-37)42-24-12-19-22(13-23(24)40-2)32-16-33-28(19)34-21-6-5-17(11-20(21)30)43-26-8-10-38(36-26)25-7-9-31-29(35-25)41-3/h4-13,16,18H,1,14-15H2,2-3H3,(H,32,33,34). The van der Waals surface area contributed by atoms with Crippen molar-refractivity contribution < 1.29 is 28.1 Å². The lowest BCUT2D eigenvalue weighted by molar-refractivity contribution is -0.134. The zero-order valence-electron chi connectivity index (χ0n) is 23.1. The highest BCUT2D eigenvalue weighted by molar-refractivity contribution is 5.93. The second-order valence-electron chi connectivity index (χ2n) is 9.30. The third-order valence-corrected chi connectivity index (χ3v) is 6.57. The van der Waals surface area contributed by atoms with Crippen LogP contribution in [0.2, 0.25) is 0 Å². The zero-order valence-corrected chi connectivity index (χ0v) is 23.1. The van der Waals surface area contributed by atoms with Crippen LogP contribution in [0, 0.1) is 5.82 Å². The van der Waals surface area contributed by atoms with Gasteiger partial charge >= 0.3 is 6.01 Å². The molecule has 0 atom stereocenters. The summed E-state index contributed by atoms with van der Waals surface area (Å²) in [5, 5.41) is 7.94. The van der Waals surface area contributed by atoms with Crippen molar-refractivity contribution in [1.82, 2.24) is 34.6 Å². The third kappa shape index (κ3) is 5.70. The molecule has 1 aliphatic heterocycles. The molecule has 0 bridgehead atoms. The van der Waals surface area contributed by atoms with Crippen LogP contribution in [0.5, 0.6) is 29.1 Å². The molecule has 43 heavy (non-hydrogen) atoms. The maximum atomic E-state index is 15.2. The van der Waals surface area contributed by atoms with Gasteiger partial charge in [-0.2, -0.15) is 4.98 Å². The Morgan fingerprint density at radius 2 is 1.93 bits per heavy atom. The summed E-state index contributed by atoms with van der Waals surface area (Å²) in [6.07, 6.45) is 5.63. The third-order valence-electron chi connectivity index (χ3n) is 6.57. The number of aromatic nitrogens is 6. The Morgan fingerprint density at radius 1 is 1.07 bits per heavy atom. The summed E-state index contributed by atoms with van der Waals surface area (Å²) in [6, 6.07) is 11.3. The van der Waals surface area contributed by atoms with Crippen molar-refractivity contribution in [1.29, 1.82) is 0 Å². The summed E-state index contributed by atoms with van der Waals surface area (Å²) in [7, 11) is 3.00. The van der Waals surface area contributed by atoms with Crippen LogP contribution >= 0.6 is 0 Å². The molecule has 0 unspecified atom stereocenters. The molecule has 14 heteroatoms. The van der Waals surface area contributed by atoms with Crippen LogP contribution in [0.3, 0.4) is 0 Å². The number of hydrogen-bond donors (Lipinski definition) is 1. The van der Waals surface area contributed by atoms with E-state index < -0.39 is 5.82 Å². The van der Waals surface area contributed by atoms with Crippen molar-refractivity contribution in [3.8, 4) is 35.0 Å². The Hall–Kier alpha value is -5.79. The van der Waals surface area contributed by atoms with Gasteiger partial charge in [0.1, 0.15) is 29.8 Å². The van der Waals surface area contributed by atoms with Gasteiger partial charge in [0.2, 0.25) is 11.8 Å². The van der Waals surface area contributed by atoms with E-state index in [1.54, 1.807) is 47.6 Å². The van der Waals surface area contributed by atoms with Crippen LogP contribution in [-0.4, -0.2) is 73.9 Å². The topological polar surface area (TPSA) is 139 Å². The summed E-state index contributed by atoms with van der Waals surface area (Å²) in [4.78, 5) is 30.2. The summed E-state index contributed by atoms with van der Waals surface area (Å²) in [5.41, 5.74) is 0.734. The molecular formula is C29H25FN8O5. The molecule has 13 nitrogen and oxygen atoms in total. The predicted octanol–water partition coefficient (Wildman–Crippen LogP) is 4.07. The fourth-order valence-electron chi connectivity index (χ4n) is 4.37. The first-order chi connectivity index (χ1) is 20.9. The first-order valence-corrected chi connectivity index (χ1v) is 13.0. The quantitative estimate of drug-likeness (QED) is 0.238. The number of rotatable bonds is 10. The Morgan fingerprint density at radius 3 is 2.70 bits per heavy atom. The number of amides is 1. The molecule has 6 rings (SSSR count). The van der Waals surface area contributed by atoms with Gasteiger partial charge in [-0.1, -0.05) is 6.58 Å². The van der Waals surface area contributed by atoms with Crippen molar-refractivity contribution in [2.75, 3.05) is 32.6 Å². The lowest BCUT2D eigenvalue weighted by atomic mass is 10.1. The molecule has 1 amide bonds. The smallest absolute Gasteiger partial charge is 0.318 e. The number of halogens is 1. The monoisotopic (exact) mass is 584 g/mol. The van der Waals surface area contributed by atoms with Crippen molar-refractivity contribution in [3.05, 3.63) is 79.7 Å². The number of ether oxygens (including phenoxy) is 4. The number of nitrogens with one attached hydrogen (secondary N) is 1. The van der Waals surface area contributed by atoms with E-state index in [4.69, 9.17) is 18.9 Å². The molecule has 0 spiro atoms. The molecule has 1 N–H and O–H groups in total. The molecule has 2 aromatic carbocycles. The minimum atomic E-state index is -0.573. The van der Waals surface area contributed by atoms with E-state index in [2.05, 4.69) is 36.9 Å². The summed E-state index contributed by atoms with van der Waals surface area (Å²) in [6.45, 7) is 4.36. The first-order valence-electron chi connectivity index (χ1n) is 13.0. The average molecular weight is 585 g/mol. The molecular weight excluding hydrogens is 559 g/mol. The first kappa shape index (κ1) is 27.4. The lowest BCUT2D eigenvalue weighted by Crippen LogP contribution is -2.55. The molecule has 4 heterocycles. The number of likely N-dealkylation sites (tertiary alicyclic amines) is 1. The number of carbonyl (C=O) groups is 1. The van der Waals surface area contributed by atoms with E-state index in [9.17, 15) is 4.79 Å². The molecule has 0 saturated carbocycles. The van der Waals surface area contributed by atoms with Gasteiger partial charge in [-0.05, 0) is 24.3 Å². The van der Waals surface area contributed by atoms with Gasteiger partial charge in [-0.3, -0.25) is 4.79 Å². The van der Waals surface area contributed by atoms with Crippen LogP contribution < -0.4 is 24.3 Å². The maximum Gasteiger partial charge on any atom is 0.318 e. The van der Waals surface area contributed by atoms with Crippen LogP contribution in [0.15, 0.2) is 73.8 Å². The van der Waals surface area contributed by atoms with Gasteiger partial charge in [0.05, 0.1) is 38.5 Å². The number of benzene rings is 2. The summed E-state index contributed by atoms with van der Waals surface area (Å²) < 4.78 is 39.1. The van der Waals surface area contributed by atoms with Crippen LogP contribution in [-0.2, 0) is 4.79 Å². The van der Waals surface area contributed by atoms with E-state index in [1.165, 1.54) is 43.4 Å². The number of hydrogen-bond acceptors (Lipinski definition) is 11. The Bertz CT molecular complexity index is 1820. The second kappa shape index (κ2) is 11.6. The van der Waals surface area contributed by atoms with Crippen LogP contribution in [0.25, 0.3) is 16.7 Å². The van der Waals surface area contributed by atoms with Crippen LogP contribution in [0.4, 0.5) is 15.9 Å². The summed E-state index contributed by atoms with van der Waals surface area (Å²) in [5.74, 6) is 1.52. The molecule has 5 aromatic rings. The number of nitrogens with zero attached hydrogens (tertiary/aromatic N) is 7. The van der Waals surface area contributed by atoms with Gasteiger partial charge in [-0.15, -0.1) is 5.10 Å². The van der Waals surface area contributed by atoms with Crippen molar-refractivity contribution in [2.45, 2.75) is 6.10 Å². The van der Waals surface area contributed by atoms with Gasteiger partial charge in [0.25, 0.3) is 0 Å². The minimum Gasteiger partial charge on any atom is -0.493 e. The predicted molar refractivity (Wildman–Crippen MR) is 153 cm³/mol. The van der Waals surface area contributed by atoms with Gasteiger partial charge in [0.15, 0.2) is 17.3 Å². The Labute approximate surface area is 244 Å². The summed E-state index contributed by atoms with van der Waals surface area (Å²) >= 11 is 0. The van der Waals surface area contributed by atoms with E-state index in [-0.39, 0.29) is 35.3 Å². The second-order valence-corrected chi connectivity index (χ2v) is 9.30. The molecule has 0 radical (unpaired) electrons. The average Bonchev–Trinajstić information content (AvgIpc) is 3.48. The van der Waals surface area contributed by atoms with Crippen molar-refractivity contribution >= 4 is 28.3 Å². The van der Waals surface area contributed by atoms with Crippen LogP contribution in [0.1, 0.15) is 0 Å². The number of fused-ring (bicyclic) bond motifs is 1. The fourth-order valence-corrected chi connectivity index (χ4v) is 4.37. The SMILES string of the molecule is C=CC(=O)N1CC(Oc2cc3c(Nc4ccc(Oc5ccn(-c6ccnc(OC)n6)n5)cc4F)ncnc3cc2OC)C1. The highest BCUT2D eigenvalue weighted by atomic mass is 19.1. The van der Waals surface area contributed by atoms with E-state index in [0.29, 0.717) is 47.1 Å². The number of methoxy groups -OCH3 is 2. The Kier molecular flexibility index (Phi) is 7.39. The molecule has 0 aliphatic carbocycles. The minimum absolute atomic E-state index is 0.151. The van der Waals surface area contributed by atoms with Gasteiger partial charge in [0, 0.05) is 42.0 Å². The molecule has 1 fully saturated rings. The highest BCUT2D eigenvalue weighted by Gasteiger charge is 2.31. The molecule has 3 aromatic heterocycles. The van der Waals surface area contributed by atoms with Crippen molar-refractivity contribution in [2.24, 2.45) is 0 Å². The fraction of sp³-hybridized carbons (Fsp3) is 0.172. The van der Waals surface area contributed by atoms with E-state index in [0.717, 1.165) is 0 Å². The Balaban J connectivity index is 1.19. The largest absolute Gasteiger partial charge is 0.493 e. The van der Waals surface area contributed by atoms with Gasteiger partial charge < -0.3 is 29.2 Å². The molecule has 1 saturated heterocycles. The number of carbonyl (C=O) groups excluding carboxylic acids is 1. The zero-order chi connectivity index (χ0) is 29.9. The molecule has 1 aliphatic rings. The maximum absolute atomic E-state index is 15.2.